The monoisotopic (exact) mass is 231 g/mol. The molecule has 1 aliphatic rings. The molecule has 0 radical (unpaired) electrons. The Morgan fingerprint density at radius 1 is 1.29 bits per heavy atom. The molecule has 88 valence electrons. The van der Waals surface area contributed by atoms with E-state index in [2.05, 4.69) is 19.7 Å². The molecule has 6 heteroatoms. The van der Waals surface area contributed by atoms with Crippen molar-refractivity contribution in [2.45, 2.75) is 32.4 Å². The number of aromatic nitrogens is 5. The van der Waals surface area contributed by atoms with Crippen molar-refractivity contribution in [2.24, 2.45) is 0 Å². The minimum absolute atomic E-state index is 0.0619. The van der Waals surface area contributed by atoms with Gasteiger partial charge in [-0.2, -0.15) is 0 Å². The zero-order valence-electron chi connectivity index (χ0n) is 9.41. The zero-order chi connectivity index (χ0) is 11.7. The first-order valence-corrected chi connectivity index (χ1v) is 5.76. The molecule has 2 aromatic rings. The lowest BCUT2D eigenvalue weighted by Gasteiger charge is -2.14. The molecule has 0 spiro atoms. The summed E-state index contributed by atoms with van der Waals surface area (Å²) in [6.45, 7) is 1.40. The van der Waals surface area contributed by atoms with E-state index in [0.717, 1.165) is 31.0 Å². The van der Waals surface area contributed by atoms with Crippen LogP contribution in [0.3, 0.4) is 0 Å². The van der Waals surface area contributed by atoms with Gasteiger partial charge in [0.05, 0.1) is 12.9 Å². The van der Waals surface area contributed by atoms with E-state index in [1.54, 1.807) is 4.57 Å². The fourth-order valence-electron chi connectivity index (χ4n) is 2.13. The third-order valence-corrected chi connectivity index (χ3v) is 3.04. The number of hydrogen-bond donors (Lipinski definition) is 0. The largest absolute Gasteiger partial charge is 0.313 e. The van der Waals surface area contributed by atoms with E-state index >= 15 is 0 Å². The molecule has 6 nitrogen and oxygen atoms in total. The first-order valence-electron chi connectivity index (χ1n) is 5.76. The summed E-state index contributed by atoms with van der Waals surface area (Å²) in [6.07, 6.45) is 6.34. The third kappa shape index (κ3) is 1.86. The molecule has 0 aliphatic carbocycles. The Morgan fingerprint density at radius 3 is 3.12 bits per heavy atom. The van der Waals surface area contributed by atoms with Crippen LogP contribution in [0.25, 0.3) is 0 Å². The Labute approximate surface area is 97.9 Å². The Hall–Kier alpha value is -1.98. The predicted octanol–water partition coefficient (Wildman–Crippen LogP) is 0.219. The topological polar surface area (TPSA) is 65.6 Å². The number of rotatable bonds is 2. The van der Waals surface area contributed by atoms with Crippen molar-refractivity contribution in [3.05, 3.63) is 40.6 Å². The highest BCUT2D eigenvalue weighted by molar-refractivity contribution is 5.00. The second-order valence-corrected chi connectivity index (χ2v) is 4.19. The van der Waals surface area contributed by atoms with E-state index in [9.17, 15) is 4.79 Å². The molecular formula is C11H13N5O. The second-order valence-electron chi connectivity index (χ2n) is 4.19. The Kier molecular flexibility index (Phi) is 2.47. The van der Waals surface area contributed by atoms with Gasteiger partial charge >= 0.3 is 0 Å². The minimum Gasteiger partial charge on any atom is -0.313 e. The maximum Gasteiger partial charge on any atom is 0.253 e. The van der Waals surface area contributed by atoms with Gasteiger partial charge in [0.1, 0.15) is 5.82 Å². The van der Waals surface area contributed by atoms with Crippen molar-refractivity contribution in [3.8, 4) is 0 Å². The van der Waals surface area contributed by atoms with Crippen molar-refractivity contribution in [3.63, 3.8) is 0 Å². The summed E-state index contributed by atoms with van der Waals surface area (Å²) in [5.74, 6) is 1.87. The zero-order valence-corrected chi connectivity index (χ0v) is 9.41. The van der Waals surface area contributed by atoms with Gasteiger partial charge in [-0.1, -0.05) is 0 Å². The molecule has 0 unspecified atom stereocenters. The SMILES string of the molecule is O=c1ccncn1Cc1nnc2n1CCCC2. The summed E-state index contributed by atoms with van der Waals surface area (Å²) in [4.78, 5) is 15.5. The molecule has 0 bridgehead atoms. The minimum atomic E-state index is -0.0619. The van der Waals surface area contributed by atoms with Crippen LogP contribution in [0.15, 0.2) is 23.4 Å². The van der Waals surface area contributed by atoms with Gasteiger partial charge in [-0.05, 0) is 12.8 Å². The molecule has 0 aromatic carbocycles. The van der Waals surface area contributed by atoms with E-state index in [-0.39, 0.29) is 5.56 Å². The van der Waals surface area contributed by atoms with E-state index in [1.165, 1.54) is 25.0 Å². The molecule has 3 rings (SSSR count). The van der Waals surface area contributed by atoms with Gasteiger partial charge in [-0.25, -0.2) is 4.98 Å². The molecule has 0 fully saturated rings. The van der Waals surface area contributed by atoms with Crippen LogP contribution >= 0.6 is 0 Å². The van der Waals surface area contributed by atoms with Crippen molar-refractivity contribution in [1.29, 1.82) is 0 Å². The van der Waals surface area contributed by atoms with Gasteiger partial charge in [0.2, 0.25) is 0 Å². The van der Waals surface area contributed by atoms with E-state index < -0.39 is 0 Å². The molecule has 3 heterocycles. The average Bonchev–Trinajstić information content (AvgIpc) is 2.76. The summed E-state index contributed by atoms with van der Waals surface area (Å²) in [5.41, 5.74) is -0.0619. The van der Waals surface area contributed by atoms with Gasteiger partial charge in [0.25, 0.3) is 5.56 Å². The van der Waals surface area contributed by atoms with Crippen molar-refractivity contribution >= 4 is 0 Å². The second kappa shape index (κ2) is 4.12. The fraction of sp³-hybridized carbons (Fsp3) is 0.455. The van der Waals surface area contributed by atoms with Crippen LogP contribution in [0, 0.1) is 0 Å². The predicted molar refractivity (Wildman–Crippen MR) is 60.6 cm³/mol. The van der Waals surface area contributed by atoms with E-state index in [1.807, 2.05) is 0 Å². The average molecular weight is 231 g/mol. The van der Waals surface area contributed by atoms with Crippen LogP contribution in [0.1, 0.15) is 24.5 Å². The molecule has 0 saturated heterocycles. The molecule has 0 atom stereocenters. The lowest BCUT2D eigenvalue weighted by Crippen LogP contribution is -2.22. The maximum atomic E-state index is 11.6. The highest BCUT2D eigenvalue weighted by Crippen LogP contribution is 2.14. The summed E-state index contributed by atoms with van der Waals surface area (Å²) in [5, 5.41) is 8.32. The van der Waals surface area contributed by atoms with Crippen molar-refractivity contribution in [2.75, 3.05) is 0 Å². The van der Waals surface area contributed by atoms with Crippen LogP contribution in [-0.2, 0) is 19.5 Å². The summed E-state index contributed by atoms with van der Waals surface area (Å²) in [7, 11) is 0. The summed E-state index contributed by atoms with van der Waals surface area (Å²) in [6, 6.07) is 1.45. The van der Waals surface area contributed by atoms with Crippen LogP contribution in [0.5, 0.6) is 0 Å². The van der Waals surface area contributed by atoms with E-state index in [0.29, 0.717) is 6.54 Å². The van der Waals surface area contributed by atoms with Crippen LogP contribution < -0.4 is 5.56 Å². The standard InChI is InChI=1S/C11H13N5O/c17-11-4-5-12-8-15(11)7-10-14-13-9-3-1-2-6-16(9)10/h4-5,8H,1-3,6-7H2. The van der Waals surface area contributed by atoms with Gasteiger partial charge < -0.3 is 4.57 Å². The van der Waals surface area contributed by atoms with Gasteiger partial charge in [0.15, 0.2) is 5.82 Å². The molecule has 2 aromatic heterocycles. The lowest BCUT2D eigenvalue weighted by molar-refractivity contribution is 0.499. The quantitative estimate of drug-likeness (QED) is 0.741. The fourth-order valence-corrected chi connectivity index (χ4v) is 2.13. The van der Waals surface area contributed by atoms with E-state index in [4.69, 9.17) is 0 Å². The van der Waals surface area contributed by atoms with Crippen LogP contribution in [0.4, 0.5) is 0 Å². The molecule has 1 aliphatic heterocycles. The Morgan fingerprint density at radius 2 is 2.24 bits per heavy atom. The molecule has 0 saturated carbocycles. The maximum absolute atomic E-state index is 11.6. The van der Waals surface area contributed by atoms with Crippen LogP contribution in [-0.4, -0.2) is 24.3 Å². The Bertz CT molecular complexity index is 586. The molecule has 0 N–H and O–H groups in total. The number of nitrogens with zero attached hydrogens (tertiary/aromatic N) is 5. The first-order chi connectivity index (χ1) is 8.34. The Balaban J connectivity index is 1.93. The molecule has 0 amide bonds. The number of fused-ring (bicyclic) bond motifs is 1. The highest BCUT2D eigenvalue weighted by Gasteiger charge is 2.15. The van der Waals surface area contributed by atoms with Crippen molar-refractivity contribution < 1.29 is 0 Å². The number of hydrogen-bond acceptors (Lipinski definition) is 4. The third-order valence-electron chi connectivity index (χ3n) is 3.04. The normalized spacial score (nSPS) is 14.6. The molecule has 17 heavy (non-hydrogen) atoms. The lowest BCUT2D eigenvalue weighted by atomic mass is 10.2. The van der Waals surface area contributed by atoms with Gasteiger partial charge in [-0.3, -0.25) is 9.36 Å². The smallest absolute Gasteiger partial charge is 0.253 e. The first kappa shape index (κ1) is 10.2. The summed E-state index contributed by atoms with van der Waals surface area (Å²) >= 11 is 0. The van der Waals surface area contributed by atoms with Crippen molar-refractivity contribution in [1.82, 2.24) is 24.3 Å². The molecular weight excluding hydrogens is 218 g/mol. The highest BCUT2D eigenvalue weighted by atomic mass is 16.1. The van der Waals surface area contributed by atoms with Gasteiger partial charge in [-0.15, -0.1) is 10.2 Å². The van der Waals surface area contributed by atoms with Crippen LogP contribution in [0.2, 0.25) is 0 Å². The van der Waals surface area contributed by atoms with Gasteiger partial charge in [0, 0.05) is 25.2 Å². The number of aryl methyl sites for hydroxylation is 1. The summed E-state index contributed by atoms with van der Waals surface area (Å²) < 4.78 is 3.66.